The van der Waals surface area contributed by atoms with Gasteiger partial charge in [-0.2, -0.15) is 0 Å². The largest absolute Gasteiger partial charge is 0.493 e. The summed E-state index contributed by atoms with van der Waals surface area (Å²) in [5.74, 6) is 0.596. The number of nitrogens with zero attached hydrogens (tertiary/aromatic N) is 1. The van der Waals surface area contributed by atoms with Crippen LogP contribution in [0.1, 0.15) is 35.6 Å². The normalized spacial score (nSPS) is 19.7. The van der Waals surface area contributed by atoms with Crippen molar-refractivity contribution in [3.05, 3.63) is 59.2 Å². The number of hydrogen-bond donors (Lipinski definition) is 2. The summed E-state index contributed by atoms with van der Waals surface area (Å²) in [7, 11) is 3.16. The SMILES string of the molecule is COc1cc2c(cc1OC)C(NC(=O)CC1NC(=O)N(Cc3ccccc3)C1=O)CC2. The molecule has 2 aliphatic rings. The number of imide groups is 1. The lowest BCUT2D eigenvalue weighted by atomic mass is 10.1. The number of benzene rings is 2. The van der Waals surface area contributed by atoms with Crippen LogP contribution in [0.5, 0.6) is 11.5 Å². The summed E-state index contributed by atoms with van der Waals surface area (Å²) >= 11 is 0. The molecule has 1 aliphatic heterocycles. The van der Waals surface area contributed by atoms with Crippen LogP contribution < -0.4 is 20.1 Å². The Bertz CT molecular complexity index is 1010. The highest BCUT2D eigenvalue weighted by Crippen LogP contribution is 2.39. The van der Waals surface area contributed by atoms with E-state index in [2.05, 4.69) is 10.6 Å². The maximum absolute atomic E-state index is 12.7. The minimum absolute atomic E-state index is 0.102. The first-order valence-corrected chi connectivity index (χ1v) is 10.2. The summed E-state index contributed by atoms with van der Waals surface area (Å²) in [4.78, 5) is 38.8. The average Bonchev–Trinajstić information content (AvgIpc) is 3.28. The van der Waals surface area contributed by atoms with Gasteiger partial charge in [0, 0.05) is 0 Å². The number of nitrogens with one attached hydrogen (secondary N) is 2. The number of carbonyl (C=O) groups excluding carboxylic acids is 3. The number of aryl methyl sites for hydroxylation is 1. The van der Waals surface area contributed by atoms with E-state index in [0.717, 1.165) is 34.4 Å². The standard InChI is InChI=1S/C23H25N3O5/c1-30-19-10-15-8-9-17(16(15)11-20(19)31-2)24-21(27)12-18-22(28)26(23(29)25-18)13-14-6-4-3-5-7-14/h3-7,10-11,17-18H,8-9,12-13H2,1-2H3,(H,24,27)(H,25,29). The van der Waals surface area contributed by atoms with Gasteiger partial charge in [0.15, 0.2) is 11.5 Å². The summed E-state index contributed by atoms with van der Waals surface area (Å²) in [6.45, 7) is 0.182. The molecule has 1 saturated heterocycles. The first-order chi connectivity index (χ1) is 15.0. The lowest BCUT2D eigenvalue weighted by Crippen LogP contribution is -2.37. The van der Waals surface area contributed by atoms with Gasteiger partial charge in [-0.25, -0.2) is 4.79 Å². The van der Waals surface area contributed by atoms with Gasteiger partial charge in [0.1, 0.15) is 6.04 Å². The van der Waals surface area contributed by atoms with E-state index in [4.69, 9.17) is 9.47 Å². The Hall–Kier alpha value is -3.55. The Morgan fingerprint density at radius 1 is 1.13 bits per heavy atom. The quantitative estimate of drug-likeness (QED) is 0.667. The second-order valence-electron chi connectivity index (χ2n) is 7.68. The topological polar surface area (TPSA) is 97.0 Å². The lowest BCUT2D eigenvalue weighted by Gasteiger charge is -2.17. The molecule has 31 heavy (non-hydrogen) atoms. The molecule has 162 valence electrons. The van der Waals surface area contributed by atoms with Gasteiger partial charge in [-0.3, -0.25) is 14.5 Å². The Morgan fingerprint density at radius 3 is 2.55 bits per heavy atom. The van der Waals surface area contributed by atoms with Crippen LogP contribution in [0, 0.1) is 0 Å². The number of hydrogen-bond acceptors (Lipinski definition) is 5. The molecule has 0 bridgehead atoms. The van der Waals surface area contributed by atoms with Crippen LogP contribution in [0.4, 0.5) is 4.79 Å². The molecule has 1 fully saturated rings. The Labute approximate surface area is 180 Å². The first kappa shape index (κ1) is 20.7. The molecule has 1 aliphatic carbocycles. The smallest absolute Gasteiger partial charge is 0.325 e. The summed E-state index contributed by atoms with van der Waals surface area (Å²) < 4.78 is 10.7. The van der Waals surface area contributed by atoms with Crippen LogP contribution in [0.25, 0.3) is 0 Å². The Kier molecular flexibility index (Phi) is 5.79. The van der Waals surface area contributed by atoms with Crippen molar-refractivity contribution >= 4 is 17.8 Å². The number of amides is 4. The van der Waals surface area contributed by atoms with Crippen molar-refractivity contribution in [1.82, 2.24) is 15.5 Å². The van der Waals surface area contributed by atoms with Crippen molar-refractivity contribution in [2.45, 2.75) is 37.9 Å². The van der Waals surface area contributed by atoms with E-state index in [0.29, 0.717) is 11.5 Å². The van der Waals surface area contributed by atoms with Crippen molar-refractivity contribution in [3.63, 3.8) is 0 Å². The summed E-state index contributed by atoms with van der Waals surface area (Å²) in [5, 5.41) is 5.62. The zero-order valence-corrected chi connectivity index (χ0v) is 17.5. The summed E-state index contributed by atoms with van der Waals surface area (Å²) in [5.41, 5.74) is 2.93. The molecule has 4 amide bonds. The van der Waals surface area contributed by atoms with Crippen LogP contribution in [0.3, 0.4) is 0 Å². The maximum atomic E-state index is 12.7. The molecule has 4 rings (SSSR count). The van der Waals surface area contributed by atoms with Crippen LogP contribution in [0.15, 0.2) is 42.5 Å². The monoisotopic (exact) mass is 423 g/mol. The van der Waals surface area contributed by atoms with Gasteiger partial charge in [-0.05, 0) is 41.7 Å². The molecule has 0 aromatic heterocycles. The van der Waals surface area contributed by atoms with Crippen LogP contribution in [0.2, 0.25) is 0 Å². The first-order valence-electron chi connectivity index (χ1n) is 10.2. The molecule has 2 aromatic rings. The van der Waals surface area contributed by atoms with Crippen LogP contribution >= 0.6 is 0 Å². The number of ether oxygens (including phenoxy) is 2. The predicted octanol–water partition coefficient (Wildman–Crippen LogP) is 2.32. The lowest BCUT2D eigenvalue weighted by molar-refractivity contribution is -0.131. The number of urea groups is 1. The molecular weight excluding hydrogens is 398 g/mol. The van der Waals surface area contributed by atoms with Gasteiger partial charge in [0.25, 0.3) is 5.91 Å². The third kappa shape index (κ3) is 4.19. The van der Waals surface area contributed by atoms with Crippen LogP contribution in [-0.2, 0) is 22.6 Å². The Balaban J connectivity index is 1.39. The summed E-state index contributed by atoms with van der Waals surface area (Å²) in [6.07, 6.45) is 1.46. The minimum Gasteiger partial charge on any atom is -0.493 e. The van der Waals surface area contributed by atoms with E-state index in [1.54, 1.807) is 14.2 Å². The average molecular weight is 423 g/mol. The fraction of sp³-hybridized carbons (Fsp3) is 0.348. The van der Waals surface area contributed by atoms with Crippen molar-refractivity contribution < 1.29 is 23.9 Å². The Morgan fingerprint density at radius 2 is 1.84 bits per heavy atom. The molecule has 1 heterocycles. The minimum atomic E-state index is -0.859. The molecule has 8 heteroatoms. The van der Waals surface area contributed by atoms with E-state index >= 15 is 0 Å². The zero-order chi connectivity index (χ0) is 22.0. The van der Waals surface area contributed by atoms with E-state index in [-0.39, 0.29) is 30.8 Å². The highest BCUT2D eigenvalue weighted by Gasteiger charge is 2.39. The predicted molar refractivity (Wildman–Crippen MR) is 113 cm³/mol. The van der Waals surface area contributed by atoms with Gasteiger partial charge < -0.3 is 20.1 Å². The molecule has 2 N–H and O–H groups in total. The fourth-order valence-electron chi connectivity index (χ4n) is 4.15. The van der Waals surface area contributed by atoms with Gasteiger partial charge in [-0.1, -0.05) is 30.3 Å². The number of methoxy groups -OCH3 is 2. The van der Waals surface area contributed by atoms with E-state index in [1.807, 2.05) is 42.5 Å². The third-order valence-electron chi connectivity index (χ3n) is 5.74. The zero-order valence-electron chi connectivity index (χ0n) is 17.5. The van der Waals surface area contributed by atoms with Crippen molar-refractivity contribution in [3.8, 4) is 11.5 Å². The molecule has 8 nitrogen and oxygen atoms in total. The second-order valence-corrected chi connectivity index (χ2v) is 7.68. The number of rotatable bonds is 7. The number of carbonyl (C=O) groups is 3. The maximum Gasteiger partial charge on any atom is 0.325 e. The fourth-order valence-corrected chi connectivity index (χ4v) is 4.15. The molecule has 0 radical (unpaired) electrons. The number of fused-ring (bicyclic) bond motifs is 1. The van der Waals surface area contributed by atoms with Crippen LogP contribution in [-0.4, -0.2) is 43.0 Å². The molecule has 2 unspecified atom stereocenters. The van der Waals surface area contributed by atoms with E-state index in [1.165, 1.54) is 0 Å². The van der Waals surface area contributed by atoms with Gasteiger partial charge in [-0.15, -0.1) is 0 Å². The summed E-state index contributed by atoms with van der Waals surface area (Å²) in [6, 6.07) is 11.6. The molecule has 0 saturated carbocycles. The van der Waals surface area contributed by atoms with Crippen molar-refractivity contribution in [1.29, 1.82) is 0 Å². The highest BCUT2D eigenvalue weighted by atomic mass is 16.5. The van der Waals surface area contributed by atoms with Gasteiger partial charge in [0.2, 0.25) is 5.91 Å². The van der Waals surface area contributed by atoms with E-state index in [9.17, 15) is 14.4 Å². The second kappa shape index (κ2) is 8.67. The molecule has 2 aromatic carbocycles. The molecular formula is C23H25N3O5. The van der Waals surface area contributed by atoms with Crippen molar-refractivity contribution in [2.24, 2.45) is 0 Å². The molecule has 2 atom stereocenters. The molecule has 0 spiro atoms. The third-order valence-corrected chi connectivity index (χ3v) is 5.74. The highest BCUT2D eigenvalue weighted by molar-refractivity contribution is 6.05. The van der Waals surface area contributed by atoms with Gasteiger partial charge in [0.05, 0.1) is 33.2 Å². The van der Waals surface area contributed by atoms with Crippen molar-refractivity contribution in [2.75, 3.05) is 14.2 Å². The van der Waals surface area contributed by atoms with E-state index < -0.39 is 12.1 Å². The van der Waals surface area contributed by atoms with Gasteiger partial charge >= 0.3 is 6.03 Å².